The lowest BCUT2D eigenvalue weighted by molar-refractivity contribution is 0.279. The molecular weight excluding hydrogens is 234 g/mol. The quantitative estimate of drug-likeness (QED) is 0.812. The van der Waals surface area contributed by atoms with E-state index in [2.05, 4.69) is 13.8 Å². The molecule has 0 aliphatic carbocycles. The minimum atomic E-state index is -1.07. The van der Waals surface area contributed by atoms with Crippen molar-refractivity contribution in [1.29, 1.82) is 0 Å². The molecule has 1 aromatic rings. The fourth-order valence-corrected chi connectivity index (χ4v) is 2.73. The second-order valence-electron chi connectivity index (χ2n) is 4.51. The first kappa shape index (κ1) is 14.4. The van der Waals surface area contributed by atoms with Gasteiger partial charge in [-0.1, -0.05) is 26.0 Å². The summed E-state index contributed by atoms with van der Waals surface area (Å²) in [5, 5.41) is 8.74. The number of rotatable bonds is 6. The fraction of sp³-hybridized carbons (Fsp3) is 0.538. The van der Waals surface area contributed by atoms with E-state index in [0.29, 0.717) is 18.1 Å². The molecule has 96 valence electrons. The molecule has 0 saturated heterocycles. The first-order chi connectivity index (χ1) is 8.04. The highest BCUT2D eigenvalue weighted by atomic mass is 32.2. The predicted octanol–water partition coefficient (Wildman–Crippen LogP) is 1.63. The van der Waals surface area contributed by atoms with Crippen LogP contribution in [0.4, 0.5) is 0 Å². The highest BCUT2D eigenvalue weighted by Gasteiger charge is 2.10. The molecular formula is C13H21NO2S. The maximum Gasteiger partial charge on any atom is 0.0545 e. The Bertz CT molecular complexity index is 362. The minimum Gasteiger partial charge on any atom is -0.396 e. The van der Waals surface area contributed by atoms with Gasteiger partial charge in [0.25, 0.3) is 0 Å². The SMILES string of the molecule is CC(C)c1ccc(S(=O)CC(N)CCO)cc1. The lowest BCUT2D eigenvalue weighted by Gasteiger charge is -2.10. The Morgan fingerprint density at radius 3 is 2.35 bits per heavy atom. The van der Waals surface area contributed by atoms with Crippen LogP contribution in [0.3, 0.4) is 0 Å². The monoisotopic (exact) mass is 255 g/mol. The van der Waals surface area contributed by atoms with Crippen molar-refractivity contribution in [3.63, 3.8) is 0 Å². The van der Waals surface area contributed by atoms with Crippen molar-refractivity contribution in [2.75, 3.05) is 12.4 Å². The summed E-state index contributed by atoms with van der Waals surface area (Å²) in [5.41, 5.74) is 6.99. The van der Waals surface area contributed by atoms with E-state index in [9.17, 15) is 4.21 Å². The predicted molar refractivity (Wildman–Crippen MR) is 71.5 cm³/mol. The molecule has 0 bridgehead atoms. The maximum absolute atomic E-state index is 12.0. The number of aliphatic hydroxyl groups excluding tert-OH is 1. The summed E-state index contributed by atoms with van der Waals surface area (Å²) < 4.78 is 12.0. The molecule has 3 N–H and O–H groups in total. The second-order valence-corrected chi connectivity index (χ2v) is 6.00. The molecule has 2 unspecified atom stereocenters. The molecule has 0 fully saturated rings. The summed E-state index contributed by atoms with van der Waals surface area (Å²) in [6.45, 7) is 4.30. The van der Waals surface area contributed by atoms with E-state index in [1.165, 1.54) is 5.56 Å². The fourth-order valence-electron chi connectivity index (χ4n) is 1.54. The largest absolute Gasteiger partial charge is 0.396 e. The molecule has 0 radical (unpaired) electrons. The Kier molecular flexibility index (Phi) is 5.82. The van der Waals surface area contributed by atoms with Crippen molar-refractivity contribution in [2.45, 2.75) is 37.1 Å². The van der Waals surface area contributed by atoms with E-state index in [0.717, 1.165) is 4.90 Å². The zero-order valence-corrected chi connectivity index (χ0v) is 11.2. The number of hydrogen-bond acceptors (Lipinski definition) is 3. The lowest BCUT2D eigenvalue weighted by Crippen LogP contribution is -2.28. The molecule has 4 heteroatoms. The highest BCUT2D eigenvalue weighted by Crippen LogP contribution is 2.16. The van der Waals surface area contributed by atoms with Crippen LogP contribution in [0.5, 0.6) is 0 Å². The standard InChI is InChI=1S/C13H21NO2S/c1-10(2)11-3-5-13(6-4-11)17(16)9-12(14)7-8-15/h3-6,10,12,15H,7-9,14H2,1-2H3. The van der Waals surface area contributed by atoms with Gasteiger partial charge < -0.3 is 10.8 Å². The zero-order valence-electron chi connectivity index (χ0n) is 10.4. The summed E-state index contributed by atoms with van der Waals surface area (Å²) in [5.74, 6) is 0.885. The van der Waals surface area contributed by atoms with Gasteiger partial charge in [-0.3, -0.25) is 4.21 Å². The van der Waals surface area contributed by atoms with Gasteiger partial charge in [0.2, 0.25) is 0 Å². The first-order valence-corrected chi connectivity index (χ1v) is 7.21. The Morgan fingerprint density at radius 2 is 1.88 bits per heavy atom. The van der Waals surface area contributed by atoms with Gasteiger partial charge in [0.1, 0.15) is 0 Å². The normalized spacial score (nSPS) is 14.9. The molecule has 2 atom stereocenters. The van der Waals surface area contributed by atoms with Crippen LogP contribution in [0, 0.1) is 0 Å². The summed E-state index contributed by atoms with van der Waals surface area (Å²) in [6.07, 6.45) is 0.496. The molecule has 0 aliphatic heterocycles. The summed E-state index contributed by atoms with van der Waals surface area (Å²) in [7, 11) is -1.07. The molecule has 1 aromatic carbocycles. The molecule has 0 aliphatic rings. The van der Waals surface area contributed by atoms with Crippen molar-refractivity contribution >= 4 is 10.8 Å². The Hall–Kier alpha value is -0.710. The van der Waals surface area contributed by atoms with E-state index in [4.69, 9.17) is 10.8 Å². The molecule has 0 amide bonds. The number of hydrogen-bond donors (Lipinski definition) is 2. The molecule has 0 aromatic heterocycles. The van der Waals surface area contributed by atoms with E-state index < -0.39 is 10.8 Å². The second kappa shape index (κ2) is 6.89. The summed E-state index contributed by atoms with van der Waals surface area (Å²) in [4.78, 5) is 0.808. The van der Waals surface area contributed by atoms with Crippen molar-refractivity contribution in [3.8, 4) is 0 Å². The topological polar surface area (TPSA) is 63.3 Å². The molecule has 0 spiro atoms. The highest BCUT2D eigenvalue weighted by molar-refractivity contribution is 7.85. The number of aliphatic hydroxyl groups is 1. The van der Waals surface area contributed by atoms with E-state index >= 15 is 0 Å². The van der Waals surface area contributed by atoms with Gasteiger partial charge in [-0.2, -0.15) is 0 Å². The van der Waals surface area contributed by atoms with Crippen LogP contribution in [-0.2, 0) is 10.8 Å². The lowest BCUT2D eigenvalue weighted by atomic mass is 10.0. The van der Waals surface area contributed by atoms with Crippen molar-refractivity contribution in [2.24, 2.45) is 5.73 Å². The van der Waals surface area contributed by atoms with Crippen LogP contribution >= 0.6 is 0 Å². The Labute approximate surface area is 105 Å². The van der Waals surface area contributed by atoms with Crippen molar-refractivity contribution in [1.82, 2.24) is 0 Å². The van der Waals surface area contributed by atoms with Crippen LogP contribution < -0.4 is 5.73 Å². The minimum absolute atomic E-state index is 0.0463. The van der Waals surface area contributed by atoms with Gasteiger partial charge in [0, 0.05) is 23.3 Å². The van der Waals surface area contributed by atoms with Crippen LogP contribution in [0.1, 0.15) is 31.7 Å². The van der Waals surface area contributed by atoms with Crippen LogP contribution in [0.15, 0.2) is 29.2 Å². The Morgan fingerprint density at radius 1 is 1.29 bits per heavy atom. The number of benzene rings is 1. The van der Waals surface area contributed by atoms with Crippen LogP contribution in [-0.4, -0.2) is 27.7 Å². The van der Waals surface area contributed by atoms with E-state index in [1.54, 1.807) is 0 Å². The van der Waals surface area contributed by atoms with Crippen molar-refractivity contribution < 1.29 is 9.32 Å². The van der Waals surface area contributed by atoms with Crippen LogP contribution in [0.2, 0.25) is 0 Å². The molecule has 0 saturated carbocycles. The van der Waals surface area contributed by atoms with E-state index in [-0.39, 0.29) is 12.6 Å². The average Bonchev–Trinajstić information content (AvgIpc) is 2.29. The zero-order chi connectivity index (χ0) is 12.8. The third kappa shape index (κ3) is 4.58. The molecule has 3 nitrogen and oxygen atoms in total. The van der Waals surface area contributed by atoms with Gasteiger partial charge in [-0.25, -0.2) is 0 Å². The molecule has 0 heterocycles. The van der Waals surface area contributed by atoms with E-state index in [1.807, 2.05) is 24.3 Å². The smallest absolute Gasteiger partial charge is 0.0545 e. The third-order valence-electron chi connectivity index (χ3n) is 2.67. The Balaban J connectivity index is 2.63. The summed E-state index contributed by atoms with van der Waals surface area (Å²) in [6, 6.07) is 7.62. The number of nitrogens with two attached hydrogens (primary N) is 1. The average molecular weight is 255 g/mol. The first-order valence-electron chi connectivity index (χ1n) is 5.89. The van der Waals surface area contributed by atoms with Gasteiger partial charge in [-0.15, -0.1) is 0 Å². The molecule has 17 heavy (non-hydrogen) atoms. The third-order valence-corrected chi connectivity index (χ3v) is 4.20. The van der Waals surface area contributed by atoms with Gasteiger partial charge in [0.15, 0.2) is 0 Å². The summed E-state index contributed by atoms with van der Waals surface area (Å²) >= 11 is 0. The van der Waals surface area contributed by atoms with Crippen molar-refractivity contribution in [3.05, 3.63) is 29.8 Å². The van der Waals surface area contributed by atoms with Gasteiger partial charge >= 0.3 is 0 Å². The maximum atomic E-state index is 12.0. The van der Waals surface area contributed by atoms with Crippen LogP contribution in [0.25, 0.3) is 0 Å². The van der Waals surface area contributed by atoms with Gasteiger partial charge in [0.05, 0.1) is 10.8 Å². The molecule has 1 rings (SSSR count). The van der Waals surface area contributed by atoms with Gasteiger partial charge in [-0.05, 0) is 30.0 Å².